The molecule has 4 heteroatoms. The SMILES string of the molecule is CC1=[C-]CC=C1C.[Cl-].[Cl-].[Ti+4].c1ccc2[cH-]c(-p3cccc3)cc2c1. The van der Waals surface area contributed by atoms with Crippen molar-refractivity contribution >= 4 is 18.3 Å². The second kappa shape index (κ2) is 11.1. The Labute approximate surface area is 173 Å². The van der Waals surface area contributed by atoms with Crippen molar-refractivity contribution in [3.63, 3.8) is 0 Å². The van der Waals surface area contributed by atoms with Gasteiger partial charge in [0.15, 0.2) is 0 Å². The van der Waals surface area contributed by atoms with E-state index < -0.39 is 0 Å². The van der Waals surface area contributed by atoms with Gasteiger partial charge in [-0.15, -0.1) is 55.9 Å². The van der Waals surface area contributed by atoms with E-state index in [-0.39, 0.29) is 54.1 Å². The molecule has 0 N–H and O–H groups in total. The maximum absolute atomic E-state index is 3.19. The first kappa shape index (κ1) is 23.4. The Bertz CT molecular complexity index is 749. The van der Waals surface area contributed by atoms with Crippen molar-refractivity contribution in [3.8, 4) is 5.30 Å². The fourth-order valence-electron chi connectivity index (χ4n) is 2.44. The molecule has 3 aromatic rings. The maximum atomic E-state index is 3.19. The third-order valence-electron chi connectivity index (χ3n) is 3.87. The van der Waals surface area contributed by atoms with Crippen molar-refractivity contribution in [1.29, 1.82) is 0 Å². The van der Waals surface area contributed by atoms with E-state index in [1.54, 1.807) is 0 Å². The molecule has 1 aliphatic rings. The fourth-order valence-corrected chi connectivity index (χ4v) is 4.03. The molecule has 2 aromatic carbocycles. The first-order valence-electron chi connectivity index (χ1n) is 7.27. The normalized spacial score (nSPS) is 11.9. The van der Waals surface area contributed by atoms with Crippen LogP contribution in [0.2, 0.25) is 0 Å². The molecule has 0 amide bonds. The van der Waals surface area contributed by atoms with Gasteiger partial charge >= 0.3 is 21.7 Å². The number of hydrogen-bond acceptors (Lipinski definition) is 0. The third kappa shape index (κ3) is 5.73. The minimum absolute atomic E-state index is 0. The average Bonchev–Trinajstić information content (AvgIpc) is 3.21. The molecule has 0 nitrogen and oxygen atoms in total. The maximum Gasteiger partial charge on any atom is 4.00 e. The van der Waals surface area contributed by atoms with Gasteiger partial charge in [-0.05, 0) is 11.6 Å². The third-order valence-corrected chi connectivity index (χ3v) is 5.71. The van der Waals surface area contributed by atoms with Gasteiger partial charge < -0.3 is 24.8 Å². The number of halogens is 2. The zero-order valence-corrected chi connectivity index (χ0v) is 17.7. The van der Waals surface area contributed by atoms with Crippen molar-refractivity contribution in [2.45, 2.75) is 20.3 Å². The van der Waals surface area contributed by atoms with Crippen LogP contribution >= 0.6 is 7.53 Å². The Kier molecular flexibility index (Phi) is 10.8. The van der Waals surface area contributed by atoms with Crippen LogP contribution in [0.5, 0.6) is 0 Å². The zero-order valence-electron chi connectivity index (χ0n) is 13.8. The van der Waals surface area contributed by atoms with Crippen LogP contribution in [-0.4, -0.2) is 0 Å². The number of hydrogen-bond donors (Lipinski definition) is 0. The van der Waals surface area contributed by atoms with Gasteiger partial charge in [-0.25, -0.2) is 11.1 Å². The number of fused-ring (bicyclic) bond motifs is 1. The Morgan fingerprint density at radius 3 is 2.17 bits per heavy atom. The van der Waals surface area contributed by atoms with Gasteiger partial charge in [-0.2, -0.15) is 12.1 Å². The summed E-state index contributed by atoms with van der Waals surface area (Å²) in [7, 11) is -0.148. The van der Waals surface area contributed by atoms with Gasteiger partial charge in [0.25, 0.3) is 0 Å². The molecule has 122 valence electrons. The molecule has 1 heterocycles. The molecule has 0 unspecified atom stereocenters. The molecule has 0 atom stereocenters. The molecule has 0 saturated carbocycles. The molecule has 0 aliphatic heterocycles. The van der Waals surface area contributed by atoms with Gasteiger partial charge in [-0.1, -0.05) is 30.4 Å². The molecule has 0 bridgehead atoms. The van der Waals surface area contributed by atoms with E-state index in [4.69, 9.17) is 0 Å². The summed E-state index contributed by atoms with van der Waals surface area (Å²) in [5.41, 5.74) is 2.71. The molecule has 4 rings (SSSR count). The van der Waals surface area contributed by atoms with Crippen molar-refractivity contribution < 1.29 is 46.5 Å². The summed E-state index contributed by atoms with van der Waals surface area (Å²) in [6.45, 7) is 4.22. The Balaban J connectivity index is 0.000000463. The zero-order chi connectivity index (χ0) is 14.7. The van der Waals surface area contributed by atoms with Gasteiger partial charge in [0.2, 0.25) is 0 Å². The first-order chi connectivity index (χ1) is 10.2. The Morgan fingerprint density at radius 2 is 1.67 bits per heavy atom. The van der Waals surface area contributed by atoms with E-state index in [2.05, 4.69) is 86.1 Å². The standard InChI is InChI=1S/C13H10P.C7H9.2ClH.Ti/c1-2-6-12-10-13(9-11(12)5-1)14-7-3-4-8-14;1-6-4-3-5-7(6)2;;;/h1-10H;4H,3H2,1-2H3;2*1H;/q2*-1;;;+4/p-2. The van der Waals surface area contributed by atoms with Gasteiger partial charge in [0.05, 0.1) is 0 Å². The van der Waals surface area contributed by atoms with Crippen LogP contribution in [0.3, 0.4) is 0 Å². The van der Waals surface area contributed by atoms with Crippen molar-refractivity contribution in [2.75, 3.05) is 0 Å². The summed E-state index contributed by atoms with van der Waals surface area (Å²) >= 11 is 0. The molecule has 1 aliphatic carbocycles. The molecule has 1 aromatic heterocycles. The van der Waals surface area contributed by atoms with E-state index in [9.17, 15) is 0 Å². The smallest absolute Gasteiger partial charge is 1.00 e. The molecule has 24 heavy (non-hydrogen) atoms. The van der Waals surface area contributed by atoms with Crippen LogP contribution in [0.15, 0.2) is 77.3 Å². The summed E-state index contributed by atoms with van der Waals surface area (Å²) < 4.78 is 0. The van der Waals surface area contributed by atoms with Crippen molar-refractivity contribution in [1.82, 2.24) is 0 Å². The molecular weight excluding hydrogens is 390 g/mol. The quantitative estimate of drug-likeness (QED) is 0.409. The van der Waals surface area contributed by atoms with E-state index in [0.29, 0.717) is 0 Å². The second-order valence-electron chi connectivity index (χ2n) is 5.33. The van der Waals surface area contributed by atoms with Crippen molar-refractivity contribution in [2.24, 2.45) is 0 Å². The van der Waals surface area contributed by atoms with E-state index in [1.165, 1.54) is 27.2 Å². The Hall–Kier alpha value is -0.616. The predicted octanol–water partition coefficient (Wildman–Crippen LogP) is 0.626. The molecule has 0 spiro atoms. The number of benzene rings is 1. The van der Waals surface area contributed by atoms with E-state index >= 15 is 0 Å². The summed E-state index contributed by atoms with van der Waals surface area (Å²) in [5.74, 6) is 4.59. The van der Waals surface area contributed by atoms with Crippen molar-refractivity contribution in [3.05, 3.63) is 83.4 Å². The van der Waals surface area contributed by atoms with Crippen LogP contribution < -0.4 is 24.8 Å². The van der Waals surface area contributed by atoms with Crippen LogP contribution in [-0.2, 0) is 21.7 Å². The number of allylic oxidation sites excluding steroid dienone is 4. The van der Waals surface area contributed by atoms with Gasteiger partial charge in [0.1, 0.15) is 0 Å². The summed E-state index contributed by atoms with van der Waals surface area (Å²) in [6, 6.07) is 17.4. The number of rotatable bonds is 1. The summed E-state index contributed by atoms with van der Waals surface area (Å²) in [6.07, 6.45) is 6.41. The molecule has 0 radical (unpaired) electrons. The van der Waals surface area contributed by atoms with E-state index in [0.717, 1.165) is 6.42 Å². The van der Waals surface area contributed by atoms with E-state index in [1.807, 2.05) is 0 Å². The Morgan fingerprint density at radius 1 is 1.00 bits per heavy atom. The molecule has 0 saturated heterocycles. The summed E-state index contributed by atoms with van der Waals surface area (Å²) in [5, 5.41) is 4.18. The van der Waals surface area contributed by atoms with Crippen LogP contribution in [0, 0.1) is 6.08 Å². The fraction of sp³-hybridized carbons (Fsp3) is 0.150. The van der Waals surface area contributed by atoms with Crippen LogP contribution in [0.25, 0.3) is 16.1 Å². The monoisotopic (exact) mass is 408 g/mol. The van der Waals surface area contributed by atoms with Gasteiger partial charge in [-0.3, -0.25) is 6.08 Å². The summed E-state index contributed by atoms with van der Waals surface area (Å²) in [4.78, 5) is 0. The minimum Gasteiger partial charge on any atom is -1.00 e. The van der Waals surface area contributed by atoms with Crippen LogP contribution in [0.4, 0.5) is 0 Å². The average molecular weight is 409 g/mol. The molecule has 0 fully saturated rings. The van der Waals surface area contributed by atoms with Crippen LogP contribution in [0.1, 0.15) is 20.3 Å². The molecular formula is C20H19Cl2PTi. The topological polar surface area (TPSA) is 0 Å². The first-order valence-corrected chi connectivity index (χ1v) is 8.75. The largest absolute Gasteiger partial charge is 4.00 e. The van der Waals surface area contributed by atoms with Gasteiger partial charge in [0, 0.05) is 0 Å². The second-order valence-corrected chi connectivity index (χ2v) is 7.25. The minimum atomic E-state index is -0.148. The predicted molar refractivity (Wildman–Crippen MR) is 94.4 cm³/mol.